The van der Waals surface area contributed by atoms with Gasteiger partial charge in [-0.3, -0.25) is 9.69 Å². The van der Waals surface area contributed by atoms with E-state index in [1.807, 2.05) is 0 Å². The van der Waals surface area contributed by atoms with Gasteiger partial charge in [-0.1, -0.05) is 6.42 Å². The third-order valence-corrected chi connectivity index (χ3v) is 8.00. The number of hydrogen-bond donors (Lipinski definition) is 4. The monoisotopic (exact) mass is 519 g/mol. The van der Waals surface area contributed by atoms with Crippen LogP contribution in [0.2, 0.25) is 0 Å². The van der Waals surface area contributed by atoms with Crippen LogP contribution in [0.4, 0.5) is 0 Å². The van der Waals surface area contributed by atoms with Crippen LogP contribution < -0.4 is 4.74 Å². The van der Waals surface area contributed by atoms with Crippen molar-refractivity contribution in [2.24, 2.45) is 0 Å². The second-order valence-corrected chi connectivity index (χ2v) is 10.3. The fraction of sp³-hybridized carbons (Fsp3) is 0.276. The van der Waals surface area contributed by atoms with Crippen molar-refractivity contribution in [1.82, 2.24) is 4.90 Å². The van der Waals surface area contributed by atoms with E-state index in [1.54, 1.807) is 66.7 Å². The Labute approximate surface area is 218 Å². The molecule has 1 saturated heterocycles. The highest BCUT2D eigenvalue weighted by molar-refractivity contribution is 7.22. The van der Waals surface area contributed by atoms with Crippen LogP contribution in [0.5, 0.6) is 17.2 Å². The predicted octanol–water partition coefficient (Wildman–Crippen LogP) is 4.75. The number of likely N-dealkylation sites (tertiary alicyclic amines) is 1. The first-order chi connectivity index (χ1) is 17.9. The Morgan fingerprint density at radius 1 is 0.973 bits per heavy atom. The maximum Gasteiger partial charge on any atom is 0.195 e. The minimum absolute atomic E-state index is 0.135. The summed E-state index contributed by atoms with van der Waals surface area (Å²) in [7, 11) is 0. The van der Waals surface area contributed by atoms with E-state index in [0.29, 0.717) is 30.0 Å². The minimum atomic E-state index is -1.35. The summed E-state index contributed by atoms with van der Waals surface area (Å²) in [6.45, 7) is 1.81. The summed E-state index contributed by atoms with van der Waals surface area (Å²) in [5, 5.41) is 39.7. The third kappa shape index (κ3) is 5.47. The van der Waals surface area contributed by atoms with Crippen molar-refractivity contribution in [3.63, 3.8) is 0 Å². The van der Waals surface area contributed by atoms with Crippen molar-refractivity contribution >= 4 is 27.2 Å². The maximum atomic E-state index is 13.7. The predicted molar refractivity (Wildman–Crippen MR) is 143 cm³/mol. The highest BCUT2D eigenvalue weighted by Crippen LogP contribution is 2.41. The lowest BCUT2D eigenvalue weighted by Gasteiger charge is -2.36. The Hall–Kier alpha value is -3.43. The molecule has 0 saturated carbocycles. The van der Waals surface area contributed by atoms with Crippen molar-refractivity contribution in [2.45, 2.75) is 31.6 Å². The molecule has 1 aromatic heterocycles. The van der Waals surface area contributed by atoms with E-state index in [-0.39, 0.29) is 23.3 Å². The molecule has 5 rings (SSSR count). The highest BCUT2D eigenvalue weighted by Gasteiger charge is 2.27. The molecule has 8 heteroatoms. The number of thiophene rings is 1. The topological polar surface area (TPSA) is 110 Å². The summed E-state index contributed by atoms with van der Waals surface area (Å²) >= 11 is 1.42. The van der Waals surface area contributed by atoms with E-state index in [1.165, 1.54) is 11.3 Å². The summed E-state index contributed by atoms with van der Waals surface area (Å²) in [5.74, 6) is 0.776. The molecule has 37 heavy (non-hydrogen) atoms. The van der Waals surface area contributed by atoms with Crippen LogP contribution in [0.25, 0.3) is 20.5 Å². The number of phenols is 2. The average molecular weight is 520 g/mol. The molecule has 3 aromatic carbocycles. The second-order valence-electron chi connectivity index (χ2n) is 9.25. The third-order valence-electron chi connectivity index (χ3n) is 6.80. The van der Waals surface area contributed by atoms with Gasteiger partial charge in [-0.25, -0.2) is 0 Å². The maximum absolute atomic E-state index is 13.7. The lowest BCUT2D eigenvalue weighted by atomic mass is 9.97. The quantitative estimate of drug-likeness (QED) is 0.196. The number of aliphatic hydroxyl groups excluding tert-OH is 1. The first kappa shape index (κ1) is 25.2. The van der Waals surface area contributed by atoms with Crippen LogP contribution in [-0.4, -0.2) is 63.1 Å². The molecule has 0 bridgehead atoms. The highest BCUT2D eigenvalue weighted by atomic mass is 32.1. The molecule has 192 valence electrons. The molecule has 1 aliphatic rings. The van der Waals surface area contributed by atoms with Crippen LogP contribution in [0, 0.1) is 0 Å². The molecule has 1 atom stereocenters. The first-order valence-corrected chi connectivity index (χ1v) is 13.1. The number of piperidine rings is 1. The fourth-order valence-corrected chi connectivity index (χ4v) is 6.12. The Morgan fingerprint density at radius 3 is 2.43 bits per heavy atom. The number of aliphatic hydroxyl groups is 2. The Kier molecular flexibility index (Phi) is 7.43. The van der Waals surface area contributed by atoms with Crippen molar-refractivity contribution in [1.29, 1.82) is 0 Å². The Morgan fingerprint density at radius 2 is 1.70 bits per heavy atom. The van der Waals surface area contributed by atoms with Gasteiger partial charge in [0.1, 0.15) is 23.9 Å². The van der Waals surface area contributed by atoms with E-state index in [4.69, 9.17) is 4.74 Å². The van der Waals surface area contributed by atoms with Gasteiger partial charge in [0.25, 0.3) is 0 Å². The molecule has 2 heterocycles. The van der Waals surface area contributed by atoms with Crippen LogP contribution >= 0.6 is 11.3 Å². The van der Waals surface area contributed by atoms with Crippen LogP contribution in [0.3, 0.4) is 0 Å². The van der Waals surface area contributed by atoms with Gasteiger partial charge in [-0.15, -0.1) is 11.3 Å². The number of nitrogens with zero attached hydrogens (tertiary/aromatic N) is 1. The molecule has 1 unspecified atom stereocenters. The summed E-state index contributed by atoms with van der Waals surface area (Å²) in [6.07, 6.45) is 1.43. The summed E-state index contributed by atoms with van der Waals surface area (Å²) in [6, 6.07) is 18.5. The molecule has 0 spiro atoms. The van der Waals surface area contributed by atoms with Gasteiger partial charge in [-0.05, 0) is 91.7 Å². The largest absolute Gasteiger partial charge is 0.508 e. The molecule has 4 aromatic rings. The molecule has 0 amide bonds. The molecule has 7 nitrogen and oxygen atoms in total. The second kappa shape index (κ2) is 10.9. The Bertz CT molecular complexity index is 1380. The van der Waals surface area contributed by atoms with Gasteiger partial charge >= 0.3 is 0 Å². The zero-order valence-electron chi connectivity index (χ0n) is 20.2. The molecular formula is C29H29NO6S. The van der Waals surface area contributed by atoms with E-state index in [9.17, 15) is 25.2 Å². The number of fused-ring (bicyclic) bond motifs is 1. The van der Waals surface area contributed by atoms with Crippen LogP contribution in [0.15, 0.2) is 66.7 Å². The number of phenolic OH excluding ortho intramolecular Hbond substituents is 2. The molecule has 0 radical (unpaired) electrons. The number of carbonyl (C=O) groups excluding carboxylic acids is 1. The number of benzene rings is 3. The summed E-state index contributed by atoms with van der Waals surface area (Å²) in [4.78, 5) is 16.5. The minimum Gasteiger partial charge on any atom is -0.508 e. The van der Waals surface area contributed by atoms with Gasteiger partial charge in [0.05, 0.1) is 6.04 Å². The van der Waals surface area contributed by atoms with Gasteiger partial charge in [0.2, 0.25) is 0 Å². The van der Waals surface area contributed by atoms with Gasteiger partial charge in [-0.2, -0.15) is 0 Å². The summed E-state index contributed by atoms with van der Waals surface area (Å²) in [5.41, 5.74) is 1.88. The van der Waals surface area contributed by atoms with Crippen molar-refractivity contribution in [3.05, 3.63) is 77.9 Å². The molecule has 4 N–H and O–H groups in total. The van der Waals surface area contributed by atoms with Gasteiger partial charge < -0.3 is 25.2 Å². The van der Waals surface area contributed by atoms with Gasteiger partial charge in [0, 0.05) is 32.6 Å². The van der Waals surface area contributed by atoms with E-state index >= 15 is 0 Å². The number of hydrogen-bond acceptors (Lipinski definition) is 8. The van der Waals surface area contributed by atoms with E-state index in [2.05, 4.69) is 4.90 Å². The molecular weight excluding hydrogens is 490 g/mol. The van der Waals surface area contributed by atoms with E-state index in [0.717, 1.165) is 46.3 Å². The Balaban J connectivity index is 1.34. The first-order valence-electron chi connectivity index (χ1n) is 12.3. The molecule has 1 aliphatic heterocycles. The molecule has 0 aliphatic carbocycles. The number of carbonyl (C=O) groups is 1. The SMILES string of the molecule is O=C(c1ccc(OCCN2CCCCC2C(O)O)cc1)c1c(-c2ccc(O)cc2)sc2cc(O)ccc12. The number of ether oxygens (including phenoxy) is 1. The number of rotatable bonds is 8. The number of aromatic hydroxyl groups is 2. The zero-order chi connectivity index (χ0) is 25.9. The van der Waals surface area contributed by atoms with E-state index < -0.39 is 6.29 Å². The van der Waals surface area contributed by atoms with Crippen molar-refractivity contribution in [2.75, 3.05) is 19.7 Å². The van der Waals surface area contributed by atoms with Crippen molar-refractivity contribution in [3.8, 4) is 27.7 Å². The van der Waals surface area contributed by atoms with Gasteiger partial charge in [0.15, 0.2) is 12.1 Å². The van der Waals surface area contributed by atoms with Crippen LogP contribution in [0.1, 0.15) is 35.2 Å². The lowest BCUT2D eigenvalue weighted by molar-refractivity contribution is -0.111. The zero-order valence-corrected chi connectivity index (χ0v) is 21.0. The molecule has 1 fully saturated rings. The smallest absolute Gasteiger partial charge is 0.195 e. The fourth-order valence-electron chi connectivity index (χ4n) is 4.89. The number of ketones is 1. The normalized spacial score (nSPS) is 16.4. The van der Waals surface area contributed by atoms with Crippen LogP contribution in [-0.2, 0) is 0 Å². The van der Waals surface area contributed by atoms with Crippen molar-refractivity contribution < 1.29 is 30.0 Å². The standard InChI is InChI=1S/C29H29NO6S/c31-20-8-4-19(5-9-20)28-26(23-13-10-21(32)17-25(23)37-28)27(33)18-6-11-22(12-7-18)36-16-15-30-14-2-1-3-24(30)29(34)35/h4-13,17,24,29,31-32,34-35H,1-3,14-16H2. The lowest BCUT2D eigenvalue weighted by Crippen LogP contribution is -2.48. The average Bonchev–Trinajstić information content (AvgIpc) is 3.27. The summed E-state index contributed by atoms with van der Waals surface area (Å²) < 4.78 is 6.69.